The predicted octanol–water partition coefficient (Wildman–Crippen LogP) is 2.63. The fraction of sp³-hybridized carbons (Fsp3) is 0.0625. The van der Waals surface area contributed by atoms with Crippen LogP contribution in [0.15, 0.2) is 41.5 Å². The first-order valence-corrected chi connectivity index (χ1v) is 8.23. The third-order valence-corrected chi connectivity index (χ3v) is 3.91. The Bertz CT molecular complexity index is 914. The average Bonchev–Trinajstić information content (AvgIpc) is 2.57. The van der Waals surface area contributed by atoms with Gasteiger partial charge in [-0.25, -0.2) is 5.43 Å². The first-order chi connectivity index (χ1) is 12.3. The van der Waals surface area contributed by atoms with E-state index in [9.17, 15) is 24.8 Å². The number of nitro groups is 1. The SMILES string of the molecule is CC(=O)Nc1cccc(C(=O)NN=Cc2cc(I)c(O)c([N+](=O)[O-])c2)c1. The number of phenols is 1. The van der Waals surface area contributed by atoms with Crippen LogP contribution in [0.3, 0.4) is 0 Å². The van der Waals surface area contributed by atoms with Crippen LogP contribution in [-0.4, -0.2) is 28.1 Å². The van der Waals surface area contributed by atoms with Gasteiger partial charge in [0.15, 0.2) is 0 Å². The van der Waals surface area contributed by atoms with Crippen molar-refractivity contribution in [2.24, 2.45) is 5.10 Å². The lowest BCUT2D eigenvalue weighted by Crippen LogP contribution is -2.18. The molecule has 0 aliphatic carbocycles. The number of carbonyl (C=O) groups is 2. The van der Waals surface area contributed by atoms with Crippen molar-refractivity contribution in [3.63, 3.8) is 0 Å². The Morgan fingerprint density at radius 2 is 2.04 bits per heavy atom. The number of benzene rings is 2. The summed E-state index contributed by atoms with van der Waals surface area (Å²) in [5, 5.41) is 26.9. The van der Waals surface area contributed by atoms with Gasteiger partial charge in [0.05, 0.1) is 14.7 Å². The molecule has 0 fully saturated rings. The molecule has 0 saturated carbocycles. The standard InChI is InChI=1S/C16H13IN4O5/c1-9(22)19-12-4-2-3-11(7-12)16(24)20-18-8-10-5-13(17)15(23)14(6-10)21(25)26/h2-8,23H,1H3,(H,19,22)(H,20,24). The van der Waals surface area contributed by atoms with Crippen molar-refractivity contribution in [1.29, 1.82) is 0 Å². The highest BCUT2D eigenvalue weighted by atomic mass is 127. The van der Waals surface area contributed by atoms with E-state index in [1.807, 2.05) is 0 Å². The number of hydrogen-bond acceptors (Lipinski definition) is 6. The first kappa shape index (κ1) is 19.3. The van der Waals surface area contributed by atoms with Gasteiger partial charge in [0.25, 0.3) is 5.91 Å². The lowest BCUT2D eigenvalue weighted by molar-refractivity contribution is -0.386. The van der Waals surface area contributed by atoms with E-state index in [4.69, 9.17) is 0 Å². The minimum atomic E-state index is -0.707. The van der Waals surface area contributed by atoms with Gasteiger partial charge >= 0.3 is 5.69 Å². The van der Waals surface area contributed by atoms with E-state index in [-0.39, 0.29) is 15.0 Å². The second-order valence-corrected chi connectivity index (χ2v) is 6.25. The van der Waals surface area contributed by atoms with E-state index in [0.29, 0.717) is 11.3 Å². The number of nitrogens with one attached hydrogen (secondary N) is 2. The van der Waals surface area contributed by atoms with Crippen molar-refractivity contribution < 1.29 is 19.6 Å². The number of nitrogens with zero attached hydrogens (tertiary/aromatic N) is 2. The highest BCUT2D eigenvalue weighted by molar-refractivity contribution is 14.1. The Hall–Kier alpha value is -3.02. The quantitative estimate of drug-likeness (QED) is 0.269. The average molecular weight is 468 g/mol. The number of rotatable bonds is 5. The second-order valence-electron chi connectivity index (χ2n) is 5.09. The summed E-state index contributed by atoms with van der Waals surface area (Å²) in [6, 6.07) is 8.90. The lowest BCUT2D eigenvalue weighted by Gasteiger charge is -2.05. The maximum atomic E-state index is 12.1. The van der Waals surface area contributed by atoms with Crippen LogP contribution in [-0.2, 0) is 4.79 Å². The van der Waals surface area contributed by atoms with Gasteiger partial charge in [0.1, 0.15) is 0 Å². The molecule has 3 N–H and O–H groups in total. The van der Waals surface area contributed by atoms with Crippen molar-refractivity contribution in [3.8, 4) is 5.75 Å². The number of anilines is 1. The molecule has 0 spiro atoms. The summed E-state index contributed by atoms with van der Waals surface area (Å²) in [4.78, 5) is 33.3. The summed E-state index contributed by atoms with van der Waals surface area (Å²) < 4.78 is 0.285. The van der Waals surface area contributed by atoms with Crippen LogP contribution in [0.2, 0.25) is 0 Å². The summed E-state index contributed by atoms with van der Waals surface area (Å²) in [6.45, 7) is 1.36. The van der Waals surface area contributed by atoms with Gasteiger partial charge in [-0.1, -0.05) is 6.07 Å². The number of hydrazone groups is 1. The molecule has 2 aromatic carbocycles. The number of nitro benzene ring substituents is 1. The number of phenolic OH excluding ortho intramolecular Hbond substituents is 1. The molecule has 26 heavy (non-hydrogen) atoms. The predicted molar refractivity (Wildman–Crippen MR) is 103 cm³/mol. The number of carbonyl (C=O) groups excluding carboxylic acids is 2. The van der Waals surface area contributed by atoms with Gasteiger partial charge in [-0.05, 0) is 46.9 Å². The summed E-state index contributed by atoms with van der Waals surface area (Å²) in [6.07, 6.45) is 1.23. The zero-order valence-electron chi connectivity index (χ0n) is 13.4. The van der Waals surface area contributed by atoms with Crippen LogP contribution in [0.1, 0.15) is 22.8 Å². The molecule has 9 nitrogen and oxygen atoms in total. The van der Waals surface area contributed by atoms with Crippen molar-refractivity contribution in [2.75, 3.05) is 5.32 Å². The van der Waals surface area contributed by atoms with E-state index in [1.54, 1.807) is 40.8 Å². The van der Waals surface area contributed by atoms with Crippen molar-refractivity contribution >= 4 is 52.0 Å². The van der Waals surface area contributed by atoms with Crippen LogP contribution < -0.4 is 10.7 Å². The Morgan fingerprint density at radius 1 is 1.31 bits per heavy atom. The summed E-state index contributed by atoms with van der Waals surface area (Å²) in [5.41, 5.74) is 2.93. The maximum Gasteiger partial charge on any atom is 0.312 e. The molecule has 0 radical (unpaired) electrons. The zero-order valence-corrected chi connectivity index (χ0v) is 15.6. The van der Waals surface area contributed by atoms with Gasteiger partial charge < -0.3 is 10.4 Å². The van der Waals surface area contributed by atoms with Gasteiger partial charge in [-0.3, -0.25) is 19.7 Å². The van der Waals surface area contributed by atoms with Gasteiger partial charge in [-0.15, -0.1) is 0 Å². The number of amides is 2. The molecule has 0 unspecified atom stereocenters. The summed E-state index contributed by atoms with van der Waals surface area (Å²) in [5.74, 6) is -1.20. The highest BCUT2D eigenvalue weighted by Crippen LogP contribution is 2.31. The number of aromatic hydroxyl groups is 1. The smallest absolute Gasteiger partial charge is 0.312 e. The molecule has 134 valence electrons. The summed E-state index contributed by atoms with van der Waals surface area (Å²) >= 11 is 1.76. The molecule has 0 aromatic heterocycles. The maximum absolute atomic E-state index is 12.1. The highest BCUT2D eigenvalue weighted by Gasteiger charge is 2.17. The molecule has 0 aliphatic heterocycles. The van der Waals surface area contributed by atoms with Crippen molar-refractivity contribution in [1.82, 2.24) is 5.43 Å². The van der Waals surface area contributed by atoms with E-state index in [1.165, 1.54) is 25.3 Å². The third-order valence-electron chi connectivity index (χ3n) is 3.09. The number of halogens is 1. The fourth-order valence-electron chi connectivity index (χ4n) is 1.99. The monoisotopic (exact) mass is 468 g/mol. The van der Waals surface area contributed by atoms with Crippen molar-refractivity contribution in [2.45, 2.75) is 6.92 Å². The van der Waals surface area contributed by atoms with E-state index in [2.05, 4.69) is 15.8 Å². The normalized spacial score (nSPS) is 10.5. The van der Waals surface area contributed by atoms with E-state index < -0.39 is 22.3 Å². The van der Waals surface area contributed by atoms with Crippen molar-refractivity contribution in [3.05, 3.63) is 61.2 Å². The minimum Gasteiger partial charge on any atom is -0.501 e. The van der Waals surface area contributed by atoms with Crippen LogP contribution in [0.5, 0.6) is 5.75 Å². The molecule has 2 amide bonds. The van der Waals surface area contributed by atoms with Crippen LogP contribution in [0.4, 0.5) is 11.4 Å². The van der Waals surface area contributed by atoms with E-state index >= 15 is 0 Å². The molecule has 0 heterocycles. The Balaban J connectivity index is 2.12. The van der Waals surface area contributed by atoms with Gasteiger partial charge in [0.2, 0.25) is 11.7 Å². The van der Waals surface area contributed by atoms with Crippen LogP contribution >= 0.6 is 22.6 Å². The molecule has 0 atom stereocenters. The largest absolute Gasteiger partial charge is 0.501 e. The topological polar surface area (TPSA) is 134 Å². The van der Waals surface area contributed by atoms with Gasteiger partial charge in [0, 0.05) is 29.8 Å². The zero-order chi connectivity index (χ0) is 19.3. The Kier molecular flexibility index (Phi) is 6.22. The first-order valence-electron chi connectivity index (χ1n) is 7.16. The Morgan fingerprint density at radius 3 is 2.69 bits per heavy atom. The molecule has 0 aliphatic rings. The van der Waals surface area contributed by atoms with Crippen LogP contribution in [0.25, 0.3) is 0 Å². The molecular weight excluding hydrogens is 455 g/mol. The minimum absolute atomic E-state index is 0.260. The fourth-order valence-corrected chi connectivity index (χ4v) is 2.63. The number of hydrogen-bond donors (Lipinski definition) is 3. The Labute approximate surface area is 161 Å². The lowest BCUT2D eigenvalue weighted by atomic mass is 10.2. The molecule has 0 saturated heterocycles. The molecule has 2 aromatic rings. The summed E-state index contributed by atoms with van der Waals surface area (Å²) in [7, 11) is 0. The third kappa shape index (κ3) is 4.99. The molecule has 10 heteroatoms. The molecular formula is C16H13IN4O5. The van der Waals surface area contributed by atoms with Gasteiger partial charge in [-0.2, -0.15) is 5.10 Å². The molecule has 0 bridgehead atoms. The second kappa shape index (κ2) is 8.38. The molecule has 2 rings (SSSR count). The van der Waals surface area contributed by atoms with E-state index in [0.717, 1.165) is 6.07 Å². The van der Waals surface area contributed by atoms with Crippen LogP contribution in [0, 0.1) is 13.7 Å².